The number of nitriles is 1. The normalized spacial score (nSPS) is 39.8. The monoisotopic (exact) mass is 363 g/mol. The number of nitrogens with zero attached hydrogens (tertiary/aromatic N) is 1. The molecule has 3 rings (SSSR count). The Labute approximate surface area is 153 Å². The van der Waals surface area contributed by atoms with E-state index in [1.165, 1.54) is 14.2 Å². The van der Waals surface area contributed by atoms with E-state index in [1.807, 2.05) is 30.3 Å². The maximum Gasteiger partial charge on any atom is 0.220 e. The molecule has 0 aromatic heterocycles. The number of hydrogen-bond donors (Lipinski definition) is 0. The number of methoxy groups -OCH3 is 2. The van der Waals surface area contributed by atoms with Crippen LogP contribution in [0.4, 0.5) is 0 Å². The van der Waals surface area contributed by atoms with Gasteiger partial charge in [-0.1, -0.05) is 30.3 Å². The molecule has 1 aromatic carbocycles. The van der Waals surface area contributed by atoms with E-state index in [0.717, 1.165) is 5.56 Å². The van der Waals surface area contributed by atoms with Crippen LogP contribution in [0.1, 0.15) is 19.4 Å². The molecule has 0 amide bonds. The average Bonchev–Trinajstić information content (AvgIpc) is 2.68. The van der Waals surface area contributed by atoms with E-state index >= 15 is 0 Å². The highest BCUT2D eigenvalue weighted by molar-refractivity contribution is 5.13. The summed E-state index contributed by atoms with van der Waals surface area (Å²) >= 11 is 0. The summed E-state index contributed by atoms with van der Waals surface area (Å²) < 4.78 is 35.1. The zero-order chi connectivity index (χ0) is 18.8. The van der Waals surface area contributed by atoms with Crippen molar-refractivity contribution in [2.45, 2.75) is 50.5 Å². The van der Waals surface area contributed by atoms with Crippen molar-refractivity contribution in [2.24, 2.45) is 5.92 Å². The van der Waals surface area contributed by atoms with Crippen molar-refractivity contribution < 1.29 is 28.4 Å². The van der Waals surface area contributed by atoms with E-state index in [4.69, 9.17) is 28.4 Å². The molecule has 1 aromatic rings. The van der Waals surface area contributed by atoms with Crippen LogP contribution < -0.4 is 0 Å². The predicted octanol–water partition coefficient (Wildman–Crippen LogP) is 2.21. The Balaban J connectivity index is 1.80. The molecular formula is C19H25NO6. The van der Waals surface area contributed by atoms with Gasteiger partial charge in [0.05, 0.1) is 25.2 Å². The first-order chi connectivity index (χ1) is 12.5. The molecule has 26 heavy (non-hydrogen) atoms. The van der Waals surface area contributed by atoms with Gasteiger partial charge >= 0.3 is 0 Å². The van der Waals surface area contributed by atoms with Crippen molar-refractivity contribution in [1.82, 2.24) is 0 Å². The molecule has 0 bridgehead atoms. The molecule has 0 radical (unpaired) electrons. The number of benzene rings is 1. The highest BCUT2D eigenvalue weighted by Crippen LogP contribution is 2.44. The van der Waals surface area contributed by atoms with E-state index in [0.29, 0.717) is 6.61 Å². The van der Waals surface area contributed by atoms with E-state index < -0.39 is 36.0 Å². The molecule has 142 valence electrons. The molecule has 2 heterocycles. The topological polar surface area (TPSA) is 79.2 Å². The van der Waals surface area contributed by atoms with Crippen molar-refractivity contribution in [3.05, 3.63) is 35.9 Å². The van der Waals surface area contributed by atoms with Gasteiger partial charge in [-0.05, 0) is 19.4 Å². The first-order valence-corrected chi connectivity index (χ1v) is 8.59. The minimum Gasteiger partial charge on any atom is -0.349 e. The second-order valence-electron chi connectivity index (χ2n) is 6.70. The highest BCUT2D eigenvalue weighted by atomic mass is 16.8. The Bertz CT molecular complexity index is 649. The lowest BCUT2D eigenvalue weighted by molar-refractivity contribution is -0.475. The molecule has 0 saturated carbocycles. The summed E-state index contributed by atoms with van der Waals surface area (Å²) in [6.45, 7) is 4.03. The van der Waals surface area contributed by atoms with Crippen LogP contribution in [0.2, 0.25) is 0 Å². The van der Waals surface area contributed by atoms with Crippen molar-refractivity contribution in [3.8, 4) is 6.07 Å². The first kappa shape index (κ1) is 19.2. The first-order valence-electron chi connectivity index (χ1n) is 8.59. The molecule has 2 saturated heterocycles. The van der Waals surface area contributed by atoms with Crippen LogP contribution in [0.5, 0.6) is 0 Å². The molecule has 2 fully saturated rings. The van der Waals surface area contributed by atoms with E-state index in [9.17, 15) is 5.26 Å². The third kappa shape index (κ3) is 3.37. The largest absolute Gasteiger partial charge is 0.349 e. The molecule has 0 N–H and O–H groups in total. The van der Waals surface area contributed by atoms with Gasteiger partial charge in [-0.25, -0.2) is 0 Å². The second kappa shape index (κ2) is 7.61. The van der Waals surface area contributed by atoms with Crippen LogP contribution in [0.15, 0.2) is 30.3 Å². The average molecular weight is 363 g/mol. The minimum atomic E-state index is -1.18. The molecule has 0 unspecified atom stereocenters. The summed E-state index contributed by atoms with van der Waals surface area (Å²) in [5, 5.41) is 9.48. The van der Waals surface area contributed by atoms with Gasteiger partial charge in [-0.2, -0.15) is 5.26 Å². The fourth-order valence-electron chi connectivity index (χ4n) is 3.25. The maximum atomic E-state index is 9.48. The maximum absolute atomic E-state index is 9.48. The molecular weight excluding hydrogens is 338 g/mol. The summed E-state index contributed by atoms with van der Waals surface area (Å²) in [5.74, 6) is -2.84. The van der Waals surface area contributed by atoms with Gasteiger partial charge < -0.3 is 28.4 Å². The van der Waals surface area contributed by atoms with Crippen LogP contribution in [0.3, 0.4) is 0 Å². The van der Waals surface area contributed by atoms with Crippen molar-refractivity contribution in [1.29, 1.82) is 5.26 Å². The number of hydrogen-bond acceptors (Lipinski definition) is 7. The SMILES string of the molecule is CO[C@@]1(C)O[C@@H]2[C@H](OCc3ccccc3)OC[C@@H](C#N)[C@@H]2O[C@]1(C)OC. The molecule has 6 atom stereocenters. The lowest BCUT2D eigenvalue weighted by Crippen LogP contribution is -2.70. The number of fused-ring (bicyclic) bond motifs is 1. The quantitative estimate of drug-likeness (QED) is 0.793. The molecule has 7 nitrogen and oxygen atoms in total. The lowest BCUT2D eigenvalue weighted by atomic mass is 9.92. The number of rotatable bonds is 5. The summed E-state index contributed by atoms with van der Waals surface area (Å²) in [7, 11) is 3.04. The third-order valence-corrected chi connectivity index (χ3v) is 5.18. The molecule has 7 heteroatoms. The number of ether oxygens (including phenoxy) is 6. The van der Waals surface area contributed by atoms with E-state index in [2.05, 4.69) is 6.07 Å². The smallest absolute Gasteiger partial charge is 0.220 e. The van der Waals surface area contributed by atoms with Gasteiger partial charge in [0.1, 0.15) is 12.2 Å². The van der Waals surface area contributed by atoms with Gasteiger partial charge in [0.25, 0.3) is 0 Å². The fraction of sp³-hybridized carbons (Fsp3) is 0.632. The Hall–Kier alpha value is -1.53. The zero-order valence-electron chi connectivity index (χ0n) is 15.5. The van der Waals surface area contributed by atoms with Gasteiger partial charge in [0.2, 0.25) is 11.6 Å². The standard InChI is InChI=1S/C19H25NO6/c1-18(21-3)19(2,22-4)26-16-15(25-18)14(10-20)12-24-17(16)23-11-13-8-6-5-7-9-13/h5-9,14-17H,11-12H2,1-4H3/t14-,15+,16+,17-,18+,19+/m1/s1. The summed E-state index contributed by atoms with van der Waals surface area (Å²) in [6, 6.07) is 12.0. The van der Waals surface area contributed by atoms with Crippen LogP contribution in [-0.2, 0) is 35.0 Å². The second-order valence-corrected chi connectivity index (χ2v) is 6.70. The molecule has 2 aliphatic heterocycles. The highest BCUT2D eigenvalue weighted by Gasteiger charge is 2.61. The van der Waals surface area contributed by atoms with Crippen molar-refractivity contribution in [2.75, 3.05) is 20.8 Å². The van der Waals surface area contributed by atoms with Crippen molar-refractivity contribution in [3.63, 3.8) is 0 Å². The lowest BCUT2D eigenvalue weighted by Gasteiger charge is -2.55. The van der Waals surface area contributed by atoms with Crippen LogP contribution in [0.25, 0.3) is 0 Å². The van der Waals surface area contributed by atoms with Gasteiger partial charge in [0.15, 0.2) is 6.29 Å². The summed E-state index contributed by atoms with van der Waals surface area (Å²) in [6.07, 6.45) is -1.85. The summed E-state index contributed by atoms with van der Waals surface area (Å²) in [4.78, 5) is 0. The minimum absolute atomic E-state index is 0.198. The predicted molar refractivity (Wildman–Crippen MR) is 90.6 cm³/mol. The van der Waals surface area contributed by atoms with Crippen LogP contribution in [0, 0.1) is 17.2 Å². The van der Waals surface area contributed by atoms with Crippen LogP contribution in [-0.4, -0.2) is 50.9 Å². The Morgan fingerprint density at radius 2 is 1.69 bits per heavy atom. The Morgan fingerprint density at radius 1 is 1.08 bits per heavy atom. The van der Waals surface area contributed by atoms with Crippen LogP contribution >= 0.6 is 0 Å². The van der Waals surface area contributed by atoms with Crippen molar-refractivity contribution >= 4 is 0 Å². The molecule has 0 spiro atoms. The molecule has 2 aliphatic rings. The zero-order valence-corrected chi connectivity index (χ0v) is 15.5. The van der Waals surface area contributed by atoms with E-state index in [-0.39, 0.29) is 6.61 Å². The third-order valence-electron chi connectivity index (χ3n) is 5.18. The Kier molecular flexibility index (Phi) is 5.63. The fourth-order valence-corrected chi connectivity index (χ4v) is 3.25. The Morgan fingerprint density at radius 3 is 2.27 bits per heavy atom. The van der Waals surface area contributed by atoms with Gasteiger partial charge in [0, 0.05) is 14.2 Å². The van der Waals surface area contributed by atoms with E-state index in [1.54, 1.807) is 13.8 Å². The molecule has 0 aliphatic carbocycles. The van der Waals surface area contributed by atoms with Gasteiger partial charge in [-0.15, -0.1) is 0 Å². The van der Waals surface area contributed by atoms with Gasteiger partial charge in [-0.3, -0.25) is 0 Å². The summed E-state index contributed by atoms with van der Waals surface area (Å²) in [5.41, 5.74) is 1.02.